The van der Waals surface area contributed by atoms with Crippen LogP contribution in [0.3, 0.4) is 0 Å². The molecule has 0 aliphatic heterocycles. The average Bonchev–Trinajstić information content (AvgIpc) is 2.30. The second kappa shape index (κ2) is 5.45. The van der Waals surface area contributed by atoms with E-state index in [-0.39, 0.29) is 5.97 Å². The number of methoxy groups -OCH3 is 1. The Morgan fingerprint density at radius 1 is 1.50 bits per heavy atom. The quantitative estimate of drug-likeness (QED) is 0.579. The van der Waals surface area contributed by atoms with E-state index in [1.165, 1.54) is 7.11 Å². The van der Waals surface area contributed by atoms with Crippen molar-refractivity contribution in [2.75, 3.05) is 7.11 Å². The van der Waals surface area contributed by atoms with Crippen LogP contribution < -0.4 is 0 Å². The molecule has 0 N–H and O–H groups in total. The number of carbonyl (C=O) groups excluding carboxylic acids is 1. The maximum Gasteiger partial charge on any atom is 0.339 e. The minimum Gasteiger partial charge on any atom is -0.465 e. The average molecular weight is 219 g/mol. The molecular weight excluding hydrogens is 202 g/mol. The first-order valence-corrected chi connectivity index (χ1v) is 5.31. The number of carbonyl (C=O) groups is 1. The number of esters is 1. The Bertz CT molecular complexity index is 408. The number of hydrogen-bond donors (Lipinski definition) is 0. The predicted molar refractivity (Wildman–Crippen MR) is 64.0 cm³/mol. The van der Waals surface area contributed by atoms with Crippen LogP contribution in [0.1, 0.15) is 37.9 Å². The van der Waals surface area contributed by atoms with Gasteiger partial charge in [-0.15, -0.1) is 0 Å². The second-order valence-electron chi connectivity index (χ2n) is 3.79. The van der Waals surface area contributed by atoms with Crippen LogP contribution in [0.5, 0.6) is 0 Å². The number of rotatable bonds is 3. The zero-order valence-corrected chi connectivity index (χ0v) is 10.2. The molecule has 16 heavy (non-hydrogen) atoms. The summed E-state index contributed by atoms with van der Waals surface area (Å²) >= 11 is 0. The first-order valence-electron chi connectivity index (χ1n) is 5.31. The van der Waals surface area contributed by atoms with Gasteiger partial charge in [-0.3, -0.25) is 4.98 Å². The molecule has 0 spiro atoms. The normalized spacial score (nSPS) is 11.7. The molecule has 0 atom stereocenters. The van der Waals surface area contributed by atoms with Crippen LogP contribution >= 0.6 is 0 Å². The summed E-state index contributed by atoms with van der Waals surface area (Å²) < 4.78 is 4.75. The molecule has 0 saturated carbocycles. The standard InChI is InChI=1S/C13H17NO2/c1-5-10(13(15)16-4)12-11(9(2)3)7-6-8-14-12/h5-9H,1-4H3/b10-5+. The monoisotopic (exact) mass is 219 g/mol. The van der Waals surface area contributed by atoms with Gasteiger partial charge in [-0.05, 0) is 24.5 Å². The van der Waals surface area contributed by atoms with Crippen molar-refractivity contribution in [3.63, 3.8) is 0 Å². The molecule has 0 bridgehead atoms. The smallest absolute Gasteiger partial charge is 0.339 e. The number of nitrogens with zero attached hydrogens (tertiary/aromatic N) is 1. The third-order valence-corrected chi connectivity index (χ3v) is 2.41. The molecule has 0 radical (unpaired) electrons. The molecule has 1 aromatic rings. The van der Waals surface area contributed by atoms with E-state index in [9.17, 15) is 4.79 Å². The molecule has 3 nitrogen and oxygen atoms in total. The molecule has 0 aliphatic rings. The van der Waals surface area contributed by atoms with Crippen molar-refractivity contribution in [1.29, 1.82) is 0 Å². The third-order valence-electron chi connectivity index (χ3n) is 2.41. The highest BCUT2D eigenvalue weighted by Crippen LogP contribution is 2.24. The van der Waals surface area contributed by atoms with Crippen molar-refractivity contribution in [2.45, 2.75) is 26.7 Å². The number of pyridine rings is 1. The fourth-order valence-electron chi connectivity index (χ4n) is 1.57. The number of allylic oxidation sites excluding steroid dienone is 1. The zero-order valence-electron chi connectivity index (χ0n) is 10.2. The molecule has 3 heteroatoms. The van der Waals surface area contributed by atoms with Crippen LogP contribution in [0.2, 0.25) is 0 Å². The van der Waals surface area contributed by atoms with Crippen molar-refractivity contribution in [1.82, 2.24) is 4.98 Å². The van der Waals surface area contributed by atoms with Gasteiger partial charge < -0.3 is 4.74 Å². The zero-order chi connectivity index (χ0) is 12.1. The predicted octanol–water partition coefficient (Wildman–Crippen LogP) is 2.78. The second-order valence-corrected chi connectivity index (χ2v) is 3.79. The summed E-state index contributed by atoms with van der Waals surface area (Å²) in [5.41, 5.74) is 2.29. The molecule has 0 amide bonds. The van der Waals surface area contributed by atoms with Gasteiger partial charge in [0.15, 0.2) is 0 Å². The van der Waals surface area contributed by atoms with E-state index in [1.54, 1.807) is 12.3 Å². The van der Waals surface area contributed by atoms with Crippen molar-refractivity contribution in [3.05, 3.63) is 35.7 Å². The molecule has 1 aromatic heterocycles. The molecule has 0 unspecified atom stereocenters. The van der Waals surface area contributed by atoms with Gasteiger partial charge in [-0.1, -0.05) is 26.0 Å². The Kier molecular flexibility index (Phi) is 4.23. The Morgan fingerprint density at radius 2 is 2.19 bits per heavy atom. The lowest BCUT2D eigenvalue weighted by Gasteiger charge is -2.12. The molecule has 0 aromatic carbocycles. The van der Waals surface area contributed by atoms with Crippen LogP contribution in [0, 0.1) is 0 Å². The highest BCUT2D eigenvalue weighted by atomic mass is 16.5. The number of ether oxygens (including phenoxy) is 1. The molecule has 0 saturated heterocycles. The topological polar surface area (TPSA) is 39.2 Å². The van der Waals surface area contributed by atoms with Gasteiger partial charge in [0.1, 0.15) is 0 Å². The van der Waals surface area contributed by atoms with Crippen molar-refractivity contribution >= 4 is 11.5 Å². The minimum atomic E-state index is -0.344. The summed E-state index contributed by atoms with van der Waals surface area (Å²) in [5.74, 6) is -0.0218. The van der Waals surface area contributed by atoms with E-state index in [4.69, 9.17) is 4.74 Å². The first-order chi connectivity index (χ1) is 7.61. The van der Waals surface area contributed by atoms with Gasteiger partial charge in [0.25, 0.3) is 0 Å². The van der Waals surface area contributed by atoms with E-state index < -0.39 is 0 Å². The summed E-state index contributed by atoms with van der Waals surface area (Å²) in [6, 6.07) is 3.86. The van der Waals surface area contributed by atoms with Crippen LogP contribution in [-0.4, -0.2) is 18.1 Å². The van der Waals surface area contributed by atoms with E-state index in [0.29, 0.717) is 17.2 Å². The van der Waals surface area contributed by atoms with Crippen molar-refractivity contribution in [2.24, 2.45) is 0 Å². The third kappa shape index (κ3) is 2.48. The summed E-state index contributed by atoms with van der Waals surface area (Å²) in [4.78, 5) is 15.9. The minimum absolute atomic E-state index is 0.323. The van der Waals surface area contributed by atoms with Crippen LogP contribution in [-0.2, 0) is 9.53 Å². The fraction of sp³-hybridized carbons (Fsp3) is 0.385. The van der Waals surface area contributed by atoms with Gasteiger partial charge in [0, 0.05) is 6.20 Å². The number of aromatic nitrogens is 1. The number of hydrogen-bond acceptors (Lipinski definition) is 3. The highest BCUT2D eigenvalue weighted by Gasteiger charge is 2.17. The van der Waals surface area contributed by atoms with Crippen LogP contribution in [0.15, 0.2) is 24.4 Å². The van der Waals surface area contributed by atoms with Gasteiger partial charge in [0.05, 0.1) is 18.4 Å². The maximum atomic E-state index is 11.6. The maximum absolute atomic E-state index is 11.6. The van der Waals surface area contributed by atoms with Crippen LogP contribution in [0.4, 0.5) is 0 Å². The largest absolute Gasteiger partial charge is 0.465 e. The van der Waals surface area contributed by atoms with Gasteiger partial charge in [-0.25, -0.2) is 4.79 Å². The Labute approximate surface area is 96.2 Å². The van der Waals surface area contributed by atoms with E-state index in [1.807, 2.05) is 19.1 Å². The lowest BCUT2D eigenvalue weighted by atomic mass is 9.97. The van der Waals surface area contributed by atoms with Crippen molar-refractivity contribution < 1.29 is 9.53 Å². The molecule has 0 fully saturated rings. The Balaban J connectivity index is 3.26. The highest BCUT2D eigenvalue weighted by molar-refractivity contribution is 6.16. The molecule has 86 valence electrons. The Morgan fingerprint density at radius 3 is 2.69 bits per heavy atom. The fourth-order valence-corrected chi connectivity index (χ4v) is 1.57. The lowest BCUT2D eigenvalue weighted by molar-refractivity contribution is -0.133. The van der Waals surface area contributed by atoms with Gasteiger partial charge >= 0.3 is 5.97 Å². The van der Waals surface area contributed by atoms with E-state index in [2.05, 4.69) is 18.8 Å². The molecular formula is C13H17NO2. The SMILES string of the molecule is C/C=C(/C(=O)OC)c1ncccc1C(C)C. The van der Waals surface area contributed by atoms with E-state index in [0.717, 1.165) is 5.56 Å². The van der Waals surface area contributed by atoms with E-state index >= 15 is 0 Å². The van der Waals surface area contributed by atoms with Crippen LogP contribution in [0.25, 0.3) is 5.57 Å². The summed E-state index contributed by atoms with van der Waals surface area (Å²) in [7, 11) is 1.38. The molecule has 1 heterocycles. The van der Waals surface area contributed by atoms with Gasteiger partial charge in [0.2, 0.25) is 0 Å². The first kappa shape index (κ1) is 12.4. The molecule has 0 aliphatic carbocycles. The Hall–Kier alpha value is -1.64. The van der Waals surface area contributed by atoms with Gasteiger partial charge in [-0.2, -0.15) is 0 Å². The summed E-state index contributed by atoms with van der Waals surface area (Å²) in [6.07, 6.45) is 3.42. The summed E-state index contributed by atoms with van der Waals surface area (Å²) in [6.45, 7) is 5.96. The lowest BCUT2D eigenvalue weighted by Crippen LogP contribution is -2.08. The molecule has 1 rings (SSSR count). The van der Waals surface area contributed by atoms with Crippen molar-refractivity contribution in [3.8, 4) is 0 Å². The summed E-state index contributed by atoms with van der Waals surface area (Å²) in [5, 5.41) is 0.